The van der Waals surface area contributed by atoms with Crippen LogP contribution >= 0.6 is 0 Å². The third kappa shape index (κ3) is 1.13. The molecule has 2 heterocycles. The zero-order valence-corrected chi connectivity index (χ0v) is 8.61. The minimum Gasteiger partial charge on any atom is -0.464 e. The van der Waals surface area contributed by atoms with Crippen molar-refractivity contribution < 1.29 is 13.9 Å². The number of furan rings is 1. The van der Waals surface area contributed by atoms with Crippen molar-refractivity contribution in [2.24, 2.45) is 0 Å². The Morgan fingerprint density at radius 3 is 2.94 bits per heavy atom. The molecule has 0 radical (unpaired) electrons. The average Bonchev–Trinajstić information content (AvgIpc) is 2.85. The van der Waals surface area contributed by atoms with Gasteiger partial charge in [-0.2, -0.15) is 0 Å². The quantitative estimate of drug-likeness (QED) is 0.635. The molecular formula is C12H9NO3. The molecule has 1 N–H and O–H groups in total. The van der Waals surface area contributed by atoms with E-state index in [1.54, 1.807) is 6.07 Å². The molecule has 0 saturated carbocycles. The normalized spacial score (nSPS) is 11.1. The first kappa shape index (κ1) is 9.03. The van der Waals surface area contributed by atoms with Gasteiger partial charge < -0.3 is 14.1 Å². The van der Waals surface area contributed by atoms with Gasteiger partial charge in [0, 0.05) is 11.5 Å². The van der Waals surface area contributed by atoms with E-state index in [4.69, 9.17) is 4.42 Å². The molecule has 0 atom stereocenters. The minimum absolute atomic E-state index is 0.393. The summed E-state index contributed by atoms with van der Waals surface area (Å²) < 4.78 is 10.2. The lowest BCUT2D eigenvalue weighted by Gasteiger charge is -1.93. The molecule has 2 aromatic heterocycles. The summed E-state index contributed by atoms with van der Waals surface area (Å²) >= 11 is 0. The van der Waals surface area contributed by atoms with Crippen LogP contribution in [-0.4, -0.2) is 18.1 Å². The predicted octanol–water partition coefficient (Wildman–Crippen LogP) is 2.70. The summed E-state index contributed by atoms with van der Waals surface area (Å²) in [5, 5.41) is 0.965. The largest absolute Gasteiger partial charge is 0.464 e. The molecule has 0 aliphatic rings. The molecule has 4 nitrogen and oxygen atoms in total. The summed E-state index contributed by atoms with van der Waals surface area (Å²) in [5.41, 5.74) is 2.71. The number of ether oxygens (including phenoxy) is 1. The van der Waals surface area contributed by atoms with Gasteiger partial charge in [0.15, 0.2) is 5.58 Å². The third-order valence-corrected chi connectivity index (χ3v) is 2.56. The number of hydrogen-bond donors (Lipinski definition) is 1. The predicted molar refractivity (Wildman–Crippen MR) is 59.4 cm³/mol. The first-order valence-corrected chi connectivity index (χ1v) is 4.88. The van der Waals surface area contributed by atoms with Crippen molar-refractivity contribution in [3.8, 4) is 0 Å². The fourth-order valence-corrected chi connectivity index (χ4v) is 1.82. The van der Waals surface area contributed by atoms with Gasteiger partial charge in [-0.05, 0) is 12.1 Å². The van der Waals surface area contributed by atoms with Gasteiger partial charge in [-0.15, -0.1) is 0 Å². The van der Waals surface area contributed by atoms with Crippen LogP contribution in [0, 0.1) is 0 Å². The topological polar surface area (TPSA) is 55.2 Å². The van der Waals surface area contributed by atoms with Crippen LogP contribution in [-0.2, 0) is 4.74 Å². The highest BCUT2D eigenvalue weighted by molar-refractivity contribution is 6.05. The number of methoxy groups -OCH3 is 1. The van der Waals surface area contributed by atoms with Gasteiger partial charge in [-0.1, -0.05) is 12.1 Å². The Hall–Kier alpha value is -2.23. The lowest BCUT2D eigenvalue weighted by Crippen LogP contribution is -2.00. The zero-order chi connectivity index (χ0) is 11.1. The second kappa shape index (κ2) is 3.13. The van der Waals surface area contributed by atoms with Crippen LogP contribution in [0.1, 0.15) is 10.5 Å². The number of H-pyrrole nitrogens is 1. The molecular weight excluding hydrogens is 206 g/mol. The number of nitrogens with one attached hydrogen (secondary N) is 1. The third-order valence-electron chi connectivity index (χ3n) is 2.56. The van der Waals surface area contributed by atoms with Crippen LogP contribution in [0.3, 0.4) is 0 Å². The zero-order valence-electron chi connectivity index (χ0n) is 8.61. The number of hydrogen-bond acceptors (Lipinski definition) is 3. The molecule has 0 fully saturated rings. The number of aromatic amines is 1. The summed E-state index contributed by atoms with van der Waals surface area (Å²) in [6.07, 6.45) is 0. The number of fused-ring (bicyclic) bond motifs is 3. The Morgan fingerprint density at radius 1 is 1.31 bits per heavy atom. The molecule has 0 bridgehead atoms. The molecule has 0 saturated heterocycles. The standard InChI is InChI=1S/C12H9NO3/c1-15-12(14)8-6-10-11(13-8)7-4-2-3-5-9(7)16-10/h2-6,13H,1H3. The Kier molecular flexibility index (Phi) is 1.77. The van der Waals surface area contributed by atoms with Crippen molar-refractivity contribution in [2.75, 3.05) is 7.11 Å². The van der Waals surface area contributed by atoms with E-state index in [0.717, 1.165) is 16.5 Å². The van der Waals surface area contributed by atoms with Gasteiger partial charge in [-0.3, -0.25) is 0 Å². The minimum atomic E-state index is -0.393. The van der Waals surface area contributed by atoms with E-state index in [0.29, 0.717) is 11.3 Å². The van der Waals surface area contributed by atoms with Crippen LogP contribution in [0.5, 0.6) is 0 Å². The summed E-state index contributed by atoms with van der Waals surface area (Å²) in [5.74, 6) is -0.393. The van der Waals surface area contributed by atoms with Crippen molar-refractivity contribution in [1.82, 2.24) is 4.98 Å². The van der Waals surface area contributed by atoms with Crippen LogP contribution in [0.2, 0.25) is 0 Å². The van der Waals surface area contributed by atoms with Crippen molar-refractivity contribution in [2.45, 2.75) is 0 Å². The Balaban J connectivity index is 2.30. The molecule has 0 spiro atoms. The number of para-hydroxylation sites is 1. The van der Waals surface area contributed by atoms with E-state index >= 15 is 0 Å². The summed E-state index contributed by atoms with van der Waals surface area (Å²) in [6, 6.07) is 9.32. The number of aromatic nitrogens is 1. The molecule has 0 amide bonds. The number of carbonyl (C=O) groups is 1. The highest BCUT2D eigenvalue weighted by Gasteiger charge is 2.14. The molecule has 3 aromatic rings. The van der Waals surface area contributed by atoms with E-state index in [1.807, 2.05) is 24.3 Å². The molecule has 1 aromatic carbocycles. The highest BCUT2D eigenvalue weighted by atomic mass is 16.5. The molecule has 0 aliphatic heterocycles. The van der Waals surface area contributed by atoms with Gasteiger partial charge in [0.2, 0.25) is 0 Å². The maximum Gasteiger partial charge on any atom is 0.354 e. The number of rotatable bonds is 1. The monoisotopic (exact) mass is 215 g/mol. The van der Waals surface area contributed by atoms with E-state index in [9.17, 15) is 4.79 Å². The van der Waals surface area contributed by atoms with Crippen molar-refractivity contribution >= 4 is 28.0 Å². The summed E-state index contributed by atoms with van der Waals surface area (Å²) in [7, 11) is 1.35. The van der Waals surface area contributed by atoms with Crippen LogP contribution < -0.4 is 0 Å². The molecule has 3 rings (SSSR count). The maximum atomic E-state index is 11.3. The second-order valence-electron chi connectivity index (χ2n) is 3.51. The number of esters is 1. The summed E-state index contributed by atoms with van der Waals surface area (Å²) in [6.45, 7) is 0. The summed E-state index contributed by atoms with van der Waals surface area (Å²) in [4.78, 5) is 14.3. The molecule has 0 unspecified atom stereocenters. The van der Waals surface area contributed by atoms with E-state index in [1.165, 1.54) is 7.11 Å². The van der Waals surface area contributed by atoms with Gasteiger partial charge in [-0.25, -0.2) is 4.79 Å². The lowest BCUT2D eigenvalue weighted by atomic mass is 10.2. The van der Waals surface area contributed by atoms with Gasteiger partial charge in [0.25, 0.3) is 0 Å². The fraction of sp³-hybridized carbons (Fsp3) is 0.0833. The van der Waals surface area contributed by atoms with Gasteiger partial charge in [0.1, 0.15) is 11.3 Å². The highest BCUT2D eigenvalue weighted by Crippen LogP contribution is 2.28. The van der Waals surface area contributed by atoms with E-state index in [-0.39, 0.29) is 0 Å². The van der Waals surface area contributed by atoms with Gasteiger partial charge in [0.05, 0.1) is 12.6 Å². The molecule has 4 heteroatoms. The van der Waals surface area contributed by atoms with Crippen molar-refractivity contribution in [3.63, 3.8) is 0 Å². The SMILES string of the molecule is COC(=O)c1cc2oc3ccccc3c2[nH]1. The molecule has 16 heavy (non-hydrogen) atoms. The smallest absolute Gasteiger partial charge is 0.354 e. The van der Waals surface area contributed by atoms with Crippen molar-refractivity contribution in [1.29, 1.82) is 0 Å². The fourth-order valence-electron chi connectivity index (χ4n) is 1.82. The Morgan fingerprint density at radius 2 is 2.12 bits per heavy atom. The second-order valence-corrected chi connectivity index (χ2v) is 3.51. The van der Waals surface area contributed by atoms with E-state index < -0.39 is 5.97 Å². The van der Waals surface area contributed by atoms with Crippen LogP contribution in [0.4, 0.5) is 0 Å². The number of carbonyl (C=O) groups excluding carboxylic acids is 1. The number of benzene rings is 1. The lowest BCUT2D eigenvalue weighted by molar-refractivity contribution is 0.0595. The van der Waals surface area contributed by atoms with Crippen LogP contribution in [0.15, 0.2) is 34.7 Å². The Labute approximate surface area is 90.8 Å². The first-order chi connectivity index (χ1) is 7.79. The molecule has 0 aliphatic carbocycles. The molecule has 80 valence electrons. The average molecular weight is 215 g/mol. The van der Waals surface area contributed by atoms with Crippen molar-refractivity contribution in [3.05, 3.63) is 36.0 Å². The first-order valence-electron chi connectivity index (χ1n) is 4.88. The van der Waals surface area contributed by atoms with Gasteiger partial charge >= 0.3 is 5.97 Å². The van der Waals surface area contributed by atoms with Crippen LogP contribution in [0.25, 0.3) is 22.1 Å². The Bertz CT molecular complexity index is 678. The maximum absolute atomic E-state index is 11.3. The van der Waals surface area contributed by atoms with E-state index in [2.05, 4.69) is 9.72 Å².